The number of thiazole rings is 1. The van der Waals surface area contributed by atoms with E-state index in [4.69, 9.17) is 4.98 Å². The molecule has 1 aromatic rings. The average molecular weight is 350 g/mol. The van der Waals surface area contributed by atoms with E-state index in [0.29, 0.717) is 13.0 Å². The maximum absolute atomic E-state index is 12.7. The van der Waals surface area contributed by atoms with E-state index in [2.05, 4.69) is 5.32 Å². The van der Waals surface area contributed by atoms with Crippen LogP contribution >= 0.6 is 11.3 Å². The lowest BCUT2D eigenvalue weighted by atomic mass is 10.0. The molecule has 24 heavy (non-hydrogen) atoms. The summed E-state index contributed by atoms with van der Waals surface area (Å²) >= 11 is 1.74. The van der Waals surface area contributed by atoms with Crippen LogP contribution in [-0.4, -0.2) is 34.3 Å². The van der Waals surface area contributed by atoms with Gasteiger partial charge in [-0.3, -0.25) is 9.59 Å². The largest absolute Gasteiger partial charge is 0.345 e. The van der Waals surface area contributed by atoms with Crippen molar-refractivity contribution in [2.45, 2.75) is 77.3 Å². The first-order valence-electron chi connectivity index (χ1n) is 9.18. The number of fused-ring (bicyclic) bond motifs is 1. The lowest BCUT2D eigenvalue weighted by Gasteiger charge is -2.35. The van der Waals surface area contributed by atoms with E-state index >= 15 is 0 Å². The van der Waals surface area contributed by atoms with Gasteiger partial charge < -0.3 is 10.2 Å². The Balaban J connectivity index is 1.66. The molecule has 1 aromatic heterocycles. The maximum Gasteiger partial charge on any atom is 0.243 e. The zero-order valence-electron chi connectivity index (χ0n) is 14.6. The van der Waals surface area contributed by atoms with Gasteiger partial charge in [0.05, 0.1) is 11.7 Å². The summed E-state index contributed by atoms with van der Waals surface area (Å²) in [6.07, 6.45) is 7.86. The Kier molecular flexibility index (Phi) is 5.54. The van der Waals surface area contributed by atoms with E-state index in [1.165, 1.54) is 23.4 Å². The molecule has 5 nitrogen and oxygen atoms in total. The number of likely N-dealkylation sites (tertiary alicyclic amines) is 1. The van der Waals surface area contributed by atoms with Crippen molar-refractivity contribution < 1.29 is 9.59 Å². The monoisotopic (exact) mass is 349 g/mol. The highest BCUT2D eigenvalue weighted by Crippen LogP contribution is 2.30. The van der Waals surface area contributed by atoms with E-state index in [-0.39, 0.29) is 23.9 Å². The fourth-order valence-corrected chi connectivity index (χ4v) is 4.79. The summed E-state index contributed by atoms with van der Waals surface area (Å²) in [6, 6.07) is -0.406. The number of hydrogen-bond acceptors (Lipinski definition) is 4. The molecule has 3 rings (SSSR count). The number of nitrogens with one attached hydrogen (secondary N) is 1. The molecule has 132 valence electrons. The van der Waals surface area contributed by atoms with Gasteiger partial charge in [0, 0.05) is 17.8 Å². The van der Waals surface area contributed by atoms with Gasteiger partial charge in [-0.2, -0.15) is 0 Å². The zero-order valence-corrected chi connectivity index (χ0v) is 15.5. The number of hydrogen-bond donors (Lipinski definition) is 1. The second-order valence-electron chi connectivity index (χ2n) is 6.81. The van der Waals surface area contributed by atoms with Gasteiger partial charge in [0.1, 0.15) is 11.0 Å². The molecule has 1 fully saturated rings. The van der Waals surface area contributed by atoms with Crippen LogP contribution < -0.4 is 5.32 Å². The second-order valence-corrected chi connectivity index (χ2v) is 7.93. The SMILES string of the molecule is CCC(=O)N1CCCC[C@H]1C(=O)N[C@@H](C)c1nc2c(s1)CCCC2. The van der Waals surface area contributed by atoms with Gasteiger partial charge in [0.25, 0.3) is 0 Å². The number of rotatable bonds is 4. The Labute approximate surface area is 147 Å². The van der Waals surface area contributed by atoms with Crippen LogP contribution in [0, 0.1) is 0 Å². The molecular weight excluding hydrogens is 322 g/mol. The number of carbonyl (C=O) groups is 2. The standard InChI is InChI=1S/C18H27N3O2S/c1-3-16(22)21-11-7-6-9-14(21)17(23)19-12(2)18-20-13-8-4-5-10-15(13)24-18/h12,14H,3-11H2,1-2H3,(H,19,23)/t12-,14-/m0/s1. The summed E-state index contributed by atoms with van der Waals surface area (Å²) in [5, 5.41) is 4.10. The van der Waals surface area contributed by atoms with Crippen LogP contribution in [0.5, 0.6) is 0 Å². The van der Waals surface area contributed by atoms with Crippen molar-refractivity contribution in [2.24, 2.45) is 0 Å². The van der Waals surface area contributed by atoms with Crippen LogP contribution in [-0.2, 0) is 22.4 Å². The molecule has 2 amide bonds. The number of carbonyl (C=O) groups excluding carboxylic acids is 2. The number of nitrogens with zero attached hydrogens (tertiary/aromatic N) is 2. The molecule has 1 saturated heterocycles. The fourth-order valence-electron chi connectivity index (χ4n) is 3.63. The van der Waals surface area contributed by atoms with Crippen molar-refractivity contribution in [1.82, 2.24) is 15.2 Å². The minimum Gasteiger partial charge on any atom is -0.345 e. The van der Waals surface area contributed by atoms with Crippen molar-refractivity contribution in [3.05, 3.63) is 15.6 Å². The first kappa shape index (κ1) is 17.4. The van der Waals surface area contributed by atoms with Crippen molar-refractivity contribution in [2.75, 3.05) is 6.54 Å². The maximum atomic E-state index is 12.7. The minimum atomic E-state index is -0.316. The van der Waals surface area contributed by atoms with Gasteiger partial charge in [-0.15, -0.1) is 11.3 Å². The number of piperidine rings is 1. The Morgan fingerprint density at radius 3 is 2.83 bits per heavy atom. The Bertz CT molecular complexity index is 590. The molecule has 1 aliphatic heterocycles. The molecular formula is C18H27N3O2S. The molecule has 0 spiro atoms. The van der Waals surface area contributed by atoms with E-state index in [1.807, 2.05) is 13.8 Å². The van der Waals surface area contributed by atoms with Gasteiger partial charge in [0.15, 0.2) is 0 Å². The zero-order chi connectivity index (χ0) is 17.1. The third-order valence-electron chi connectivity index (χ3n) is 5.02. The quantitative estimate of drug-likeness (QED) is 0.909. The Hall–Kier alpha value is -1.43. The predicted octanol–water partition coefficient (Wildman–Crippen LogP) is 2.99. The van der Waals surface area contributed by atoms with E-state index in [9.17, 15) is 9.59 Å². The number of aromatic nitrogens is 1. The topological polar surface area (TPSA) is 62.3 Å². The molecule has 1 aliphatic carbocycles. The Morgan fingerprint density at radius 1 is 1.29 bits per heavy atom. The third kappa shape index (κ3) is 3.63. The van der Waals surface area contributed by atoms with Gasteiger partial charge in [0.2, 0.25) is 11.8 Å². The molecule has 1 N–H and O–H groups in total. The molecule has 0 saturated carbocycles. The summed E-state index contributed by atoms with van der Waals surface area (Å²) < 4.78 is 0. The summed E-state index contributed by atoms with van der Waals surface area (Å²) in [5.41, 5.74) is 1.22. The average Bonchev–Trinajstić information content (AvgIpc) is 3.05. The highest BCUT2D eigenvalue weighted by Gasteiger charge is 2.32. The first-order chi connectivity index (χ1) is 11.6. The lowest BCUT2D eigenvalue weighted by Crippen LogP contribution is -2.52. The fraction of sp³-hybridized carbons (Fsp3) is 0.722. The van der Waals surface area contributed by atoms with Crippen molar-refractivity contribution in [3.63, 3.8) is 0 Å². The molecule has 0 aromatic carbocycles. The predicted molar refractivity (Wildman–Crippen MR) is 95.0 cm³/mol. The van der Waals surface area contributed by atoms with Crippen LogP contribution in [0.15, 0.2) is 0 Å². The summed E-state index contributed by atoms with van der Waals surface area (Å²) in [7, 11) is 0. The highest BCUT2D eigenvalue weighted by molar-refractivity contribution is 7.11. The smallest absolute Gasteiger partial charge is 0.243 e. The summed E-state index contributed by atoms with van der Waals surface area (Å²) in [4.78, 5) is 32.7. The number of amides is 2. The van der Waals surface area contributed by atoms with Crippen LogP contribution in [0.1, 0.15) is 74.0 Å². The van der Waals surface area contributed by atoms with Crippen molar-refractivity contribution in [3.8, 4) is 0 Å². The van der Waals surface area contributed by atoms with Gasteiger partial charge in [-0.25, -0.2) is 4.98 Å². The van der Waals surface area contributed by atoms with Crippen molar-refractivity contribution >= 4 is 23.2 Å². The van der Waals surface area contributed by atoms with Gasteiger partial charge >= 0.3 is 0 Å². The second kappa shape index (κ2) is 7.64. The van der Waals surface area contributed by atoms with E-state index in [1.54, 1.807) is 16.2 Å². The van der Waals surface area contributed by atoms with Crippen molar-refractivity contribution in [1.29, 1.82) is 0 Å². The van der Waals surface area contributed by atoms with Gasteiger partial charge in [-0.05, 0) is 51.9 Å². The molecule has 2 heterocycles. The first-order valence-corrected chi connectivity index (χ1v) is 10.00. The van der Waals surface area contributed by atoms with E-state index in [0.717, 1.165) is 37.1 Å². The molecule has 0 unspecified atom stereocenters. The molecule has 2 atom stereocenters. The minimum absolute atomic E-state index is 0.0304. The lowest BCUT2D eigenvalue weighted by molar-refractivity contribution is -0.142. The van der Waals surface area contributed by atoms with Crippen LogP contribution in [0.25, 0.3) is 0 Å². The number of aryl methyl sites for hydroxylation is 2. The highest BCUT2D eigenvalue weighted by atomic mass is 32.1. The normalized spacial score (nSPS) is 21.9. The van der Waals surface area contributed by atoms with E-state index < -0.39 is 0 Å². The third-order valence-corrected chi connectivity index (χ3v) is 6.36. The molecule has 2 aliphatic rings. The molecule has 0 radical (unpaired) electrons. The van der Waals surface area contributed by atoms with Crippen LogP contribution in [0.2, 0.25) is 0 Å². The molecule has 6 heteroatoms. The van der Waals surface area contributed by atoms with Gasteiger partial charge in [-0.1, -0.05) is 6.92 Å². The Morgan fingerprint density at radius 2 is 2.08 bits per heavy atom. The van der Waals surface area contributed by atoms with Crippen LogP contribution in [0.3, 0.4) is 0 Å². The summed E-state index contributed by atoms with van der Waals surface area (Å²) in [6.45, 7) is 4.55. The van der Waals surface area contributed by atoms with Crippen LogP contribution in [0.4, 0.5) is 0 Å². The molecule has 0 bridgehead atoms. The summed E-state index contributed by atoms with van der Waals surface area (Å²) in [5.74, 6) is 0.0457.